The Kier molecular flexibility index (Phi) is 4.35. The van der Waals surface area contributed by atoms with Crippen LogP contribution in [0.25, 0.3) is 11.4 Å². The summed E-state index contributed by atoms with van der Waals surface area (Å²) in [6, 6.07) is 17.5. The Morgan fingerprint density at radius 2 is 1.85 bits per heavy atom. The smallest absolute Gasteiger partial charge is 0.319 e. The molecule has 1 aliphatic rings. The van der Waals surface area contributed by atoms with Crippen LogP contribution in [0.4, 0.5) is 10.5 Å². The van der Waals surface area contributed by atoms with E-state index in [4.69, 9.17) is 0 Å². The second-order valence-electron chi connectivity index (χ2n) is 6.49. The zero-order valence-electron chi connectivity index (χ0n) is 14.5. The highest BCUT2D eigenvalue weighted by Crippen LogP contribution is 2.36. The van der Waals surface area contributed by atoms with E-state index in [0.29, 0.717) is 6.04 Å². The lowest BCUT2D eigenvalue weighted by atomic mass is 10.1. The Hall–Kier alpha value is -3.22. The maximum absolute atomic E-state index is 12.2. The van der Waals surface area contributed by atoms with Crippen LogP contribution in [0.1, 0.15) is 37.4 Å². The fourth-order valence-electron chi connectivity index (χ4n) is 2.84. The third-order valence-corrected chi connectivity index (χ3v) is 4.43. The molecule has 2 aromatic carbocycles. The van der Waals surface area contributed by atoms with E-state index in [9.17, 15) is 4.79 Å². The van der Waals surface area contributed by atoms with E-state index < -0.39 is 0 Å². The fraction of sp³-hybridized carbons (Fsp3) is 0.263. The van der Waals surface area contributed by atoms with Gasteiger partial charge in [0.25, 0.3) is 0 Å². The Labute approximate surface area is 151 Å². The summed E-state index contributed by atoms with van der Waals surface area (Å²) in [6.45, 7) is 1.95. The molecule has 0 radical (unpaired) electrons. The molecular formula is C19H20N6O. The molecule has 3 aromatic rings. The average Bonchev–Trinajstić information content (AvgIpc) is 3.40. The van der Waals surface area contributed by atoms with E-state index in [1.807, 2.05) is 66.2 Å². The van der Waals surface area contributed by atoms with Gasteiger partial charge in [-0.1, -0.05) is 30.3 Å². The van der Waals surface area contributed by atoms with Crippen molar-refractivity contribution >= 4 is 11.7 Å². The molecule has 2 amide bonds. The van der Waals surface area contributed by atoms with Gasteiger partial charge in [0, 0.05) is 11.3 Å². The minimum Gasteiger partial charge on any atom is -0.331 e. The number of tetrazole rings is 1. The Bertz CT molecular complexity index is 886. The van der Waals surface area contributed by atoms with E-state index in [1.165, 1.54) is 0 Å². The number of carbonyl (C=O) groups excluding carboxylic acids is 1. The predicted octanol–water partition coefficient (Wildman–Crippen LogP) is 3.56. The predicted molar refractivity (Wildman–Crippen MR) is 98.5 cm³/mol. The molecular weight excluding hydrogens is 328 g/mol. The minimum atomic E-state index is -0.239. The van der Waals surface area contributed by atoms with Crippen molar-refractivity contribution in [3.63, 3.8) is 0 Å². The van der Waals surface area contributed by atoms with Gasteiger partial charge in [-0.2, -0.15) is 0 Å². The quantitative estimate of drug-likeness (QED) is 0.738. The molecule has 1 saturated carbocycles. The van der Waals surface area contributed by atoms with Gasteiger partial charge in [-0.25, -0.2) is 9.48 Å². The van der Waals surface area contributed by atoms with E-state index in [-0.39, 0.29) is 12.1 Å². The molecule has 0 bridgehead atoms. The Morgan fingerprint density at radius 1 is 1.12 bits per heavy atom. The summed E-state index contributed by atoms with van der Waals surface area (Å²) < 4.78 is 1.87. The van der Waals surface area contributed by atoms with Crippen molar-refractivity contribution < 1.29 is 4.79 Å². The molecule has 1 aliphatic carbocycles. The summed E-state index contributed by atoms with van der Waals surface area (Å²) in [4.78, 5) is 12.2. The van der Waals surface area contributed by atoms with E-state index in [0.717, 1.165) is 35.5 Å². The SMILES string of the molecule is C[C@@H](NC(=O)Nc1ccc(-c2nnnn2C2CC2)cc1)c1ccccc1. The van der Waals surface area contributed by atoms with Crippen LogP contribution in [0, 0.1) is 0 Å². The van der Waals surface area contributed by atoms with Crippen molar-refractivity contribution in [3.8, 4) is 11.4 Å². The second kappa shape index (κ2) is 6.95. The van der Waals surface area contributed by atoms with Crippen molar-refractivity contribution in [2.45, 2.75) is 31.8 Å². The third kappa shape index (κ3) is 3.56. The topological polar surface area (TPSA) is 84.7 Å². The molecule has 0 spiro atoms. The van der Waals surface area contributed by atoms with Crippen molar-refractivity contribution in [2.24, 2.45) is 0 Å². The highest BCUT2D eigenvalue weighted by atomic mass is 16.2. The van der Waals surface area contributed by atoms with Crippen LogP contribution in [-0.4, -0.2) is 26.2 Å². The third-order valence-electron chi connectivity index (χ3n) is 4.43. The zero-order valence-corrected chi connectivity index (χ0v) is 14.5. The first-order chi connectivity index (χ1) is 12.7. The van der Waals surface area contributed by atoms with Crippen molar-refractivity contribution in [1.29, 1.82) is 0 Å². The molecule has 2 N–H and O–H groups in total. The number of amides is 2. The van der Waals surface area contributed by atoms with Crippen LogP contribution < -0.4 is 10.6 Å². The highest BCUT2D eigenvalue weighted by Gasteiger charge is 2.28. The molecule has 4 rings (SSSR count). The Balaban J connectivity index is 1.39. The normalized spacial score (nSPS) is 14.7. The maximum atomic E-state index is 12.2. The lowest BCUT2D eigenvalue weighted by molar-refractivity contribution is 0.249. The number of hydrogen-bond donors (Lipinski definition) is 2. The fourth-order valence-corrected chi connectivity index (χ4v) is 2.84. The molecule has 7 nitrogen and oxygen atoms in total. The number of nitrogens with zero attached hydrogens (tertiary/aromatic N) is 4. The summed E-state index contributed by atoms with van der Waals surface area (Å²) in [5.74, 6) is 0.765. The van der Waals surface area contributed by atoms with Crippen molar-refractivity contribution in [2.75, 3.05) is 5.32 Å². The minimum absolute atomic E-state index is 0.0707. The van der Waals surface area contributed by atoms with Gasteiger partial charge < -0.3 is 10.6 Å². The molecule has 1 heterocycles. The molecule has 1 fully saturated rings. The largest absolute Gasteiger partial charge is 0.331 e. The monoisotopic (exact) mass is 348 g/mol. The number of hydrogen-bond acceptors (Lipinski definition) is 4. The number of anilines is 1. The molecule has 26 heavy (non-hydrogen) atoms. The molecule has 0 aliphatic heterocycles. The van der Waals surface area contributed by atoms with Crippen LogP contribution in [0.15, 0.2) is 54.6 Å². The van der Waals surface area contributed by atoms with Crippen LogP contribution in [0.3, 0.4) is 0 Å². The molecule has 1 atom stereocenters. The van der Waals surface area contributed by atoms with Gasteiger partial charge in [-0.15, -0.1) is 5.10 Å². The first-order valence-electron chi connectivity index (χ1n) is 8.71. The van der Waals surface area contributed by atoms with E-state index >= 15 is 0 Å². The van der Waals surface area contributed by atoms with Gasteiger partial charge in [-0.05, 0) is 60.0 Å². The summed E-state index contributed by atoms with van der Waals surface area (Å²) in [5.41, 5.74) is 2.72. The zero-order chi connectivity index (χ0) is 17.9. The van der Waals surface area contributed by atoms with Crippen LogP contribution in [0.2, 0.25) is 0 Å². The van der Waals surface area contributed by atoms with Gasteiger partial charge in [0.2, 0.25) is 0 Å². The Morgan fingerprint density at radius 3 is 2.54 bits per heavy atom. The first kappa shape index (κ1) is 16.3. The molecule has 132 valence electrons. The number of nitrogens with one attached hydrogen (secondary N) is 2. The van der Waals surface area contributed by atoms with Crippen LogP contribution in [0.5, 0.6) is 0 Å². The maximum Gasteiger partial charge on any atom is 0.319 e. The van der Waals surface area contributed by atoms with Gasteiger partial charge in [-0.3, -0.25) is 0 Å². The molecule has 0 saturated heterocycles. The van der Waals surface area contributed by atoms with E-state index in [1.54, 1.807) is 0 Å². The van der Waals surface area contributed by atoms with Gasteiger partial charge in [0.15, 0.2) is 5.82 Å². The average molecular weight is 348 g/mol. The van der Waals surface area contributed by atoms with Gasteiger partial charge in [0.05, 0.1) is 12.1 Å². The molecule has 7 heteroatoms. The summed E-state index contributed by atoms with van der Waals surface area (Å²) in [5, 5.41) is 17.7. The second-order valence-corrected chi connectivity index (χ2v) is 6.49. The first-order valence-corrected chi connectivity index (χ1v) is 8.71. The standard InChI is InChI=1S/C19H20N6O/c1-13(14-5-3-2-4-6-14)20-19(26)21-16-9-7-15(8-10-16)18-22-23-24-25(18)17-11-12-17/h2-10,13,17H,11-12H2,1H3,(H2,20,21,26)/t13-/m1/s1. The highest BCUT2D eigenvalue weighted by molar-refractivity contribution is 5.89. The van der Waals surface area contributed by atoms with Crippen molar-refractivity contribution in [1.82, 2.24) is 25.5 Å². The molecule has 0 unspecified atom stereocenters. The lowest BCUT2D eigenvalue weighted by Gasteiger charge is -2.15. The number of rotatable bonds is 5. The summed E-state index contributed by atoms with van der Waals surface area (Å²) in [6.07, 6.45) is 2.24. The number of benzene rings is 2. The van der Waals surface area contributed by atoms with Crippen LogP contribution >= 0.6 is 0 Å². The van der Waals surface area contributed by atoms with Gasteiger partial charge >= 0.3 is 6.03 Å². The number of carbonyl (C=O) groups is 1. The summed E-state index contributed by atoms with van der Waals surface area (Å²) >= 11 is 0. The van der Waals surface area contributed by atoms with Crippen LogP contribution in [-0.2, 0) is 0 Å². The molecule has 1 aromatic heterocycles. The number of aromatic nitrogens is 4. The van der Waals surface area contributed by atoms with Crippen molar-refractivity contribution in [3.05, 3.63) is 60.2 Å². The van der Waals surface area contributed by atoms with Gasteiger partial charge in [0.1, 0.15) is 0 Å². The summed E-state index contributed by atoms with van der Waals surface area (Å²) in [7, 11) is 0. The van der Waals surface area contributed by atoms with E-state index in [2.05, 4.69) is 26.2 Å². The lowest BCUT2D eigenvalue weighted by Crippen LogP contribution is -2.31. The number of urea groups is 1.